The van der Waals surface area contributed by atoms with Gasteiger partial charge in [-0.1, -0.05) is 12.6 Å². The SMILES string of the molecule is C=C(C)COC(=O)N1CCN(c2cccc3[nH]cnc23)CC1. The number of ether oxygens (including phenoxy) is 1. The number of imidazole rings is 1. The number of rotatable bonds is 3. The number of anilines is 1. The van der Waals surface area contributed by atoms with E-state index in [4.69, 9.17) is 4.74 Å². The van der Waals surface area contributed by atoms with Gasteiger partial charge in [0.15, 0.2) is 0 Å². The van der Waals surface area contributed by atoms with Crippen molar-refractivity contribution in [3.8, 4) is 0 Å². The van der Waals surface area contributed by atoms with Crippen LogP contribution >= 0.6 is 0 Å². The summed E-state index contributed by atoms with van der Waals surface area (Å²) in [6, 6.07) is 6.10. The molecule has 1 aliphatic rings. The maximum Gasteiger partial charge on any atom is 0.410 e. The quantitative estimate of drug-likeness (QED) is 0.884. The predicted molar refractivity (Wildman–Crippen MR) is 86.0 cm³/mol. The second kappa shape index (κ2) is 6.09. The van der Waals surface area contributed by atoms with Crippen molar-refractivity contribution in [2.45, 2.75) is 6.92 Å². The third-order valence-corrected chi connectivity index (χ3v) is 3.75. The van der Waals surface area contributed by atoms with E-state index < -0.39 is 0 Å². The number of aromatic amines is 1. The second-order valence-corrected chi connectivity index (χ2v) is 5.56. The standard InChI is InChI=1S/C16H20N4O2/c1-12(2)10-22-16(21)20-8-6-19(7-9-20)14-5-3-4-13-15(14)18-11-17-13/h3-5,11H,1,6-10H2,2H3,(H,17,18). The molecule has 0 unspecified atom stereocenters. The van der Waals surface area contributed by atoms with Gasteiger partial charge in [0.05, 0.1) is 17.5 Å². The molecule has 0 aliphatic carbocycles. The Morgan fingerprint density at radius 2 is 2.14 bits per heavy atom. The average Bonchev–Trinajstić information content (AvgIpc) is 3.01. The van der Waals surface area contributed by atoms with E-state index >= 15 is 0 Å². The summed E-state index contributed by atoms with van der Waals surface area (Å²) in [6.45, 7) is 8.70. The van der Waals surface area contributed by atoms with Crippen LogP contribution in [0.1, 0.15) is 6.92 Å². The van der Waals surface area contributed by atoms with E-state index in [0.717, 1.165) is 35.4 Å². The van der Waals surface area contributed by atoms with Gasteiger partial charge in [-0.25, -0.2) is 9.78 Å². The molecule has 6 heteroatoms. The third-order valence-electron chi connectivity index (χ3n) is 3.75. The van der Waals surface area contributed by atoms with Gasteiger partial charge in [-0.15, -0.1) is 0 Å². The number of piperazine rings is 1. The molecule has 1 fully saturated rings. The van der Waals surface area contributed by atoms with E-state index in [-0.39, 0.29) is 12.7 Å². The van der Waals surface area contributed by atoms with Gasteiger partial charge in [0.25, 0.3) is 0 Å². The molecule has 1 N–H and O–H groups in total. The molecule has 0 atom stereocenters. The van der Waals surface area contributed by atoms with E-state index in [1.807, 2.05) is 19.1 Å². The van der Waals surface area contributed by atoms with Crippen molar-refractivity contribution in [1.29, 1.82) is 0 Å². The first-order valence-electron chi connectivity index (χ1n) is 7.38. The van der Waals surface area contributed by atoms with Crippen molar-refractivity contribution < 1.29 is 9.53 Å². The number of nitrogens with one attached hydrogen (secondary N) is 1. The first kappa shape index (κ1) is 14.4. The molecule has 6 nitrogen and oxygen atoms in total. The van der Waals surface area contributed by atoms with Gasteiger partial charge in [0.1, 0.15) is 12.1 Å². The minimum absolute atomic E-state index is 0.263. The van der Waals surface area contributed by atoms with Crippen LogP contribution in [0.5, 0.6) is 0 Å². The Balaban J connectivity index is 1.63. The van der Waals surface area contributed by atoms with Gasteiger partial charge in [-0.2, -0.15) is 0 Å². The maximum atomic E-state index is 11.9. The minimum atomic E-state index is -0.263. The van der Waals surface area contributed by atoms with Crippen LogP contribution in [0, 0.1) is 0 Å². The monoisotopic (exact) mass is 300 g/mol. The number of amides is 1. The molecule has 0 radical (unpaired) electrons. The number of carbonyl (C=O) groups is 1. The number of hydrogen-bond acceptors (Lipinski definition) is 4. The highest BCUT2D eigenvalue weighted by atomic mass is 16.6. The lowest BCUT2D eigenvalue weighted by Crippen LogP contribution is -2.49. The van der Waals surface area contributed by atoms with Gasteiger partial charge in [0, 0.05) is 26.2 Å². The fraction of sp³-hybridized carbons (Fsp3) is 0.375. The van der Waals surface area contributed by atoms with E-state index in [1.54, 1.807) is 11.2 Å². The van der Waals surface area contributed by atoms with E-state index in [2.05, 4.69) is 27.5 Å². The van der Waals surface area contributed by atoms with Crippen molar-refractivity contribution in [3.63, 3.8) is 0 Å². The molecule has 3 rings (SSSR count). The molecule has 0 saturated carbocycles. The summed E-state index contributed by atoms with van der Waals surface area (Å²) in [5.41, 5.74) is 3.95. The van der Waals surface area contributed by atoms with Crippen LogP contribution in [0.15, 0.2) is 36.7 Å². The maximum absolute atomic E-state index is 11.9. The zero-order valence-electron chi connectivity index (χ0n) is 12.7. The fourth-order valence-electron chi connectivity index (χ4n) is 2.61. The molecular formula is C16H20N4O2. The van der Waals surface area contributed by atoms with Crippen molar-refractivity contribution in [1.82, 2.24) is 14.9 Å². The lowest BCUT2D eigenvalue weighted by atomic mass is 10.2. The van der Waals surface area contributed by atoms with Crippen molar-refractivity contribution in [2.24, 2.45) is 0 Å². The summed E-state index contributed by atoms with van der Waals surface area (Å²) in [4.78, 5) is 23.4. The summed E-state index contributed by atoms with van der Waals surface area (Å²) in [5.74, 6) is 0. The number of benzene rings is 1. The number of carbonyl (C=O) groups excluding carboxylic acids is 1. The summed E-state index contributed by atoms with van der Waals surface area (Å²) in [7, 11) is 0. The topological polar surface area (TPSA) is 61.5 Å². The van der Waals surface area contributed by atoms with Crippen molar-refractivity contribution in [2.75, 3.05) is 37.7 Å². The van der Waals surface area contributed by atoms with Crippen LogP contribution in [0.3, 0.4) is 0 Å². The second-order valence-electron chi connectivity index (χ2n) is 5.56. The van der Waals surface area contributed by atoms with Crippen LogP contribution in [-0.4, -0.2) is 53.7 Å². The number of hydrogen-bond donors (Lipinski definition) is 1. The largest absolute Gasteiger partial charge is 0.445 e. The van der Waals surface area contributed by atoms with Gasteiger partial charge in [-0.3, -0.25) is 0 Å². The van der Waals surface area contributed by atoms with Crippen LogP contribution < -0.4 is 4.90 Å². The highest BCUT2D eigenvalue weighted by Crippen LogP contribution is 2.25. The molecule has 1 aromatic heterocycles. The van der Waals surface area contributed by atoms with E-state index in [9.17, 15) is 4.79 Å². The first-order chi connectivity index (χ1) is 10.6. The van der Waals surface area contributed by atoms with E-state index in [1.165, 1.54) is 0 Å². The highest BCUT2D eigenvalue weighted by Gasteiger charge is 2.23. The van der Waals surface area contributed by atoms with E-state index in [0.29, 0.717) is 13.1 Å². The third kappa shape index (κ3) is 2.90. The summed E-state index contributed by atoms with van der Waals surface area (Å²) in [5, 5.41) is 0. The van der Waals surface area contributed by atoms with Crippen LogP contribution in [0.25, 0.3) is 11.0 Å². The molecular weight excluding hydrogens is 280 g/mol. The van der Waals surface area contributed by atoms with Gasteiger partial charge in [0.2, 0.25) is 0 Å². The Morgan fingerprint density at radius 3 is 2.86 bits per heavy atom. The number of H-pyrrole nitrogens is 1. The molecule has 2 heterocycles. The normalized spacial score (nSPS) is 15.1. The minimum Gasteiger partial charge on any atom is -0.445 e. The zero-order chi connectivity index (χ0) is 15.5. The molecule has 1 amide bonds. The Morgan fingerprint density at radius 1 is 1.36 bits per heavy atom. The first-order valence-corrected chi connectivity index (χ1v) is 7.38. The summed E-state index contributed by atoms with van der Waals surface area (Å²) >= 11 is 0. The van der Waals surface area contributed by atoms with Gasteiger partial charge < -0.3 is 19.5 Å². The van der Waals surface area contributed by atoms with Crippen molar-refractivity contribution >= 4 is 22.8 Å². The average molecular weight is 300 g/mol. The molecule has 116 valence electrons. The lowest BCUT2D eigenvalue weighted by Gasteiger charge is -2.35. The Kier molecular flexibility index (Phi) is 4.00. The number of fused-ring (bicyclic) bond motifs is 1. The molecule has 2 aromatic rings. The highest BCUT2D eigenvalue weighted by molar-refractivity contribution is 5.88. The number of nitrogens with zero attached hydrogens (tertiary/aromatic N) is 3. The van der Waals surface area contributed by atoms with Crippen LogP contribution in [-0.2, 0) is 4.74 Å². The number of aromatic nitrogens is 2. The smallest absolute Gasteiger partial charge is 0.410 e. The lowest BCUT2D eigenvalue weighted by molar-refractivity contribution is 0.108. The number of para-hydroxylation sites is 1. The molecule has 1 saturated heterocycles. The van der Waals surface area contributed by atoms with Crippen LogP contribution in [0.2, 0.25) is 0 Å². The van der Waals surface area contributed by atoms with Gasteiger partial charge >= 0.3 is 6.09 Å². The van der Waals surface area contributed by atoms with Crippen LogP contribution in [0.4, 0.5) is 10.5 Å². The predicted octanol–water partition coefficient (Wildman–Crippen LogP) is 2.40. The molecule has 1 aromatic carbocycles. The molecule has 1 aliphatic heterocycles. The molecule has 0 spiro atoms. The zero-order valence-corrected chi connectivity index (χ0v) is 12.7. The van der Waals surface area contributed by atoms with Crippen molar-refractivity contribution in [3.05, 3.63) is 36.7 Å². The summed E-state index contributed by atoms with van der Waals surface area (Å²) < 4.78 is 5.19. The van der Waals surface area contributed by atoms with Gasteiger partial charge in [-0.05, 0) is 24.6 Å². The molecule has 22 heavy (non-hydrogen) atoms. The summed E-state index contributed by atoms with van der Waals surface area (Å²) in [6.07, 6.45) is 1.44. The molecule has 0 bridgehead atoms. The fourth-order valence-corrected chi connectivity index (χ4v) is 2.61. The Bertz CT molecular complexity index is 686. The Hall–Kier alpha value is -2.50. The Labute approximate surface area is 129 Å².